The standard InChI is InChI=1S/C14H14O2/c15-13-6-5-11-7-9-3-1-2-4-10(9)8-12(11)14(13)16/h1-4,7-8,13-16H,5-6H2/t13-,14-/m0/s1. The summed E-state index contributed by atoms with van der Waals surface area (Å²) in [4.78, 5) is 0. The van der Waals surface area contributed by atoms with Crippen molar-refractivity contribution in [1.82, 2.24) is 0 Å². The van der Waals surface area contributed by atoms with Crippen LogP contribution in [0, 0.1) is 0 Å². The Balaban J connectivity index is 2.23. The second-order valence-electron chi connectivity index (χ2n) is 4.45. The summed E-state index contributed by atoms with van der Waals surface area (Å²) in [6.45, 7) is 0. The quantitative estimate of drug-likeness (QED) is 0.705. The number of hydrogen-bond donors (Lipinski definition) is 2. The van der Waals surface area contributed by atoms with E-state index in [1.807, 2.05) is 24.3 Å². The molecule has 0 heterocycles. The van der Waals surface area contributed by atoms with E-state index < -0.39 is 12.2 Å². The molecule has 0 spiro atoms. The molecular formula is C14H14O2. The zero-order chi connectivity index (χ0) is 11.1. The Morgan fingerprint density at radius 1 is 1.00 bits per heavy atom. The molecule has 2 nitrogen and oxygen atoms in total. The number of benzene rings is 2. The van der Waals surface area contributed by atoms with Gasteiger partial charge in [-0.2, -0.15) is 0 Å². The van der Waals surface area contributed by atoms with Gasteiger partial charge in [0.15, 0.2) is 0 Å². The third-order valence-electron chi connectivity index (χ3n) is 3.40. The van der Waals surface area contributed by atoms with Crippen LogP contribution in [0.25, 0.3) is 10.8 Å². The number of aliphatic hydroxyl groups excluding tert-OH is 2. The number of fused-ring (bicyclic) bond motifs is 2. The predicted molar refractivity (Wildman–Crippen MR) is 63.2 cm³/mol. The first-order valence-electron chi connectivity index (χ1n) is 5.63. The second kappa shape index (κ2) is 3.58. The molecule has 2 atom stereocenters. The van der Waals surface area contributed by atoms with Gasteiger partial charge in [-0.3, -0.25) is 0 Å². The molecule has 82 valence electrons. The Bertz CT molecular complexity index is 533. The van der Waals surface area contributed by atoms with E-state index in [4.69, 9.17) is 0 Å². The van der Waals surface area contributed by atoms with Gasteiger partial charge in [0.1, 0.15) is 6.10 Å². The molecule has 2 heteroatoms. The van der Waals surface area contributed by atoms with Crippen LogP contribution in [0.4, 0.5) is 0 Å². The van der Waals surface area contributed by atoms with Crippen LogP contribution < -0.4 is 0 Å². The normalized spacial score (nSPS) is 24.4. The van der Waals surface area contributed by atoms with Crippen LogP contribution in [0.15, 0.2) is 36.4 Å². The van der Waals surface area contributed by atoms with Gasteiger partial charge in [0.05, 0.1) is 6.10 Å². The highest BCUT2D eigenvalue weighted by atomic mass is 16.3. The molecule has 16 heavy (non-hydrogen) atoms. The Morgan fingerprint density at radius 2 is 1.69 bits per heavy atom. The molecule has 0 aromatic heterocycles. The van der Waals surface area contributed by atoms with Gasteiger partial charge >= 0.3 is 0 Å². The average Bonchev–Trinajstić information content (AvgIpc) is 2.32. The highest BCUT2D eigenvalue weighted by Gasteiger charge is 2.26. The van der Waals surface area contributed by atoms with Gasteiger partial charge in [-0.15, -0.1) is 0 Å². The average molecular weight is 214 g/mol. The highest BCUT2D eigenvalue weighted by Crippen LogP contribution is 2.32. The Hall–Kier alpha value is -1.38. The molecule has 0 amide bonds. The van der Waals surface area contributed by atoms with Crippen molar-refractivity contribution in [1.29, 1.82) is 0 Å². The molecule has 0 unspecified atom stereocenters. The molecule has 2 aromatic carbocycles. The Morgan fingerprint density at radius 3 is 2.44 bits per heavy atom. The van der Waals surface area contributed by atoms with E-state index in [9.17, 15) is 10.2 Å². The SMILES string of the molecule is O[C@H]1CCc2cc3ccccc3cc2[C@@H]1O. The second-order valence-corrected chi connectivity index (χ2v) is 4.45. The van der Waals surface area contributed by atoms with E-state index in [0.29, 0.717) is 6.42 Å². The van der Waals surface area contributed by atoms with Crippen LogP contribution >= 0.6 is 0 Å². The van der Waals surface area contributed by atoms with Gasteiger partial charge in [-0.25, -0.2) is 0 Å². The minimum absolute atomic E-state index is 0.617. The van der Waals surface area contributed by atoms with Gasteiger partial charge in [0.2, 0.25) is 0 Å². The van der Waals surface area contributed by atoms with Crippen molar-refractivity contribution < 1.29 is 10.2 Å². The van der Waals surface area contributed by atoms with E-state index in [-0.39, 0.29) is 0 Å². The monoisotopic (exact) mass is 214 g/mol. The molecular weight excluding hydrogens is 200 g/mol. The molecule has 0 saturated heterocycles. The molecule has 0 radical (unpaired) electrons. The third-order valence-corrected chi connectivity index (χ3v) is 3.40. The molecule has 0 fully saturated rings. The van der Waals surface area contributed by atoms with E-state index >= 15 is 0 Å². The Labute approximate surface area is 94.2 Å². The Kier molecular flexibility index (Phi) is 2.20. The molecule has 3 rings (SSSR count). The van der Waals surface area contributed by atoms with E-state index in [1.165, 1.54) is 5.39 Å². The molecule has 2 N–H and O–H groups in total. The van der Waals surface area contributed by atoms with Crippen molar-refractivity contribution in [2.24, 2.45) is 0 Å². The first-order chi connectivity index (χ1) is 7.75. The third kappa shape index (κ3) is 1.42. The van der Waals surface area contributed by atoms with Crippen molar-refractivity contribution in [3.05, 3.63) is 47.5 Å². The highest BCUT2D eigenvalue weighted by molar-refractivity contribution is 5.84. The predicted octanol–water partition coefficient (Wildman–Crippen LogP) is 2.18. The van der Waals surface area contributed by atoms with Crippen molar-refractivity contribution in [2.75, 3.05) is 0 Å². The fourth-order valence-electron chi connectivity index (χ4n) is 2.47. The van der Waals surface area contributed by atoms with E-state index in [2.05, 4.69) is 12.1 Å². The van der Waals surface area contributed by atoms with Crippen LogP contribution in [0.5, 0.6) is 0 Å². The van der Waals surface area contributed by atoms with Crippen LogP contribution in [0.3, 0.4) is 0 Å². The smallest absolute Gasteiger partial charge is 0.105 e. The summed E-state index contributed by atoms with van der Waals surface area (Å²) in [6, 6.07) is 12.2. The first-order valence-corrected chi connectivity index (χ1v) is 5.63. The first kappa shape index (κ1) is 9.82. The zero-order valence-corrected chi connectivity index (χ0v) is 8.93. The van der Waals surface area contributed by atoms with Crippen LogP contribution in [0.1, 0.15) is 23.7 Å². The van der Waals surface area contributed by atoms with Gasteiger partial charge < -0.3 is 10.2 Å². The van der Waals surface area contributed by atoms with Gasteiger partial charge in [-0.1, -0.05) is 30.3 Å². The summed E-state index contributed by atoms with van der Waals surface area (Å²) >= 11 is 0. The molecule has 2 aromatic rings. The maximum absolute atomic E-state index is 9.94. The number of aliphatic hydroxyl groups is 2. The van der Waals surface area contributed by atoms with Crippen molar-refractivity contribution in [3.63, 3.8) is 0 Å². The zero-order valence-electron chi connectivity index (χ0n) is 8.93. The topological polar surface area (TPSA) is 40.5 Å². The maximum Gasteiger partial charge on any atom is 0.105 e. The summed E-state index contributed by atoms with van der Waals surface area (Å²) in [5.41, 5.74) is 2.05. The number of hydrogen-bond acceptors (Lipinski definition) is 2. The molecule has 0 aliphatic heterocycles. The molecule has 0 bridgehead atoms. The largest absolute Gasteiger partial charge is 0.390 e. The number of rotatable bonds is 0. The summed E-state index contributed by atoms with van der Waals surface area (Å²) in [6.07, 6.45) is 0.146. The van der Waals surface area contributed by atoms with E-state index in [0.717, 1.165) is 22.9 Å². The fourth-order valence-corrected chi connectivity index (χ4v) is 2.47. The maximum atomic E-state index is 9.94. The van der Waals surface area contributed by atoms with Crippen LogP contribution in [-0.2, 0) is 6.42 Å². The lowest BCUT2D eigenvalue weighted by molar-refractivity contribution is 0.00660. The minimum atomic E-state index is -0.728. The van der Waals surface area contributed by atoms with Gasteiger partial charge in [0, 0.05) is 0 Å². The summed E-state index contributed by atoms with van der Waals surface area (Å²) in [7, 11) is 0. The summed E-state index contributed by atoms with van der Waals surface area (Å²) in [5, 5.41) is 21.9. The lowest BCUT2D eigenvalue weighted by Crippen LogP contribution is -2.24. The van der Waals surface area contributed by atoms with Crippen LogP contribution in [-0.4, -0.2) is 16.3 Å². The van der Waals surface area contributed by atoms with E-state index in [1.54, 1.807) is 0 Å². The molecule has 1 aliphatic carbocycles. The van der Waals surface area contributed by atoms with Crippen molar-refractivity contribution in [3.8, 4) is 0 Å². The fraction of sp³-hybridized carbons (Fsp3) is 0.286. The minimum Gasteiger partial charge on any atom is -0.390 e. The lowest BCUT2D eigenvalue weighted by Gasteiger charge is -2.26. The molecule has 0 saturated carbocycles. The summed E-state index contributed by atoms with van der Waals surface area (Å²) < 4.78 is 0. The van der Waals surface area contributed by atoms with Gasteiger partial charge in [0.25, 0.3) is 0 Å². The van der Waals surface area contributed by atoms with Crippen molar-refractivity contribution in [2.45, 2.75) is 25.0 Å². The van der Waals surface area contributed by atoms with Crippen molar-refractivity contribution >= 4 is 10.8 Å². The van der Waals surface area contributed by atoms with Gasteiger partial charge in [-0.05, 0) is 40.8 Å². The number of aryl methyl sites for hydroxylation is 1. The lowest BCUT2D eigenvalue weighted by atomic mass is 9.86. The van der Waals surface area contributed by atoms with Crippen LogP contribution in [0.2, 0.25) is 0 Å². The molecule has 1 aliphatic rings. The summed E-state index contributed by atoms with van der Waals surface area (Å²) in [5.74, 6) is 0.